The van der Waals surface area contributed by atoms with E-state index in [1.54, 1.807) is 18.3 Å². The quantitative estimate of drug-likeness (QED) is 0.761. The first kappa shape index (κ1) is 13.6. The van der Waals surface area contributed by atoms with Crippen molar-refractivity contribution >= 4 is 21.9 Å². The van der Waals surface area contributed by atoms with E-state index >= 15 is 0 Å². The van der Waals surface area contributed by atoms with Crippen LogP contribution in [0.2, 0.25) is 0 Å². The van der Waals surface area contributed by atoms with E-state index in [1.807, 2.05) is 24.3 Å². The highest BCUT2D eigenvalue weighted by molar-refractivity contribution is 9.10. The minimum atomic E-state index is -0.954. The summed E-state index contributed by atoms with van der Waals surface area (Å²) < 4.78 is 6.72. The van der Waals surface area contributed by atoms with Gasteiger partial charge in [0, 0.05) is 15.6 Å². The van der Waals surface area contributed by atoms with Crippen molar-refractivity contribution in [2.45, 2.75) is 0 Å². The molecule has 0 unspecified atom stereocenters. The minimum Gasteiger partial charge on any atom is -0.478 e. The van der Waals surface area contributed by atoms with Gasteiger partial charge in [0.2, 0.25) is 5.89 Å². The van der Waals surface area contributed by atoms with Crippen molar-refractivity contribution in [1.82, 2.24) is 4.98 Å². The lowest BCUT2D eigenvalue weighted by molar-refractivity contribution is 0.0697. The smallest absolute Gasteiger partial charge is 0.335 e. The van der Waals surface area contributed by atoms with Crippen LogP contribution >= 0.6 is 15.9 Å². The molecule has 5 heteroatoms. The van der Waals surface area contributed by atoms with Gasteiger partial charge in [-0.1, -0.05) is 28.1 Å². The molecule has 0 saturated heterocycles. The number of halogens is 1. The van der Waals surface area contributed by atoms with Crippen LogP contribution in [-0.2, 0) is 0 Å². The van der Waals surface area contributed by atoms with Crippen LogP contribution in [0.15, 0.2) is 63.6 Å². The third-order valence-electron chi connectivity index (χ3n) is 3.01. The van der Waals surface area contributed by atoms with Gasteiger partial charge < -0.3 is 9.52 Å². The molecule has 3 aromatic rings. The Labute approximate surface area is 129 Å². The van der Waals surface area contributed by atoms with Gasteiger partial charge >= 0.3 is 5.97 Å². The van der Waals surface area contributed by atoms with Gasteiger partial charge in [0.15, 0.2) is 5.76 Å². The van der Waals surface area contributed by atoms with E-state index in [9.17, 15) is 4.79 Å². The molecule has 3 rings (SSSR count). The Hall–Kier alpha value is -2.40. The molecule has 21 heavy (non-hydrogen) atoms. The lowest BCUT2D eigenvalue weighted by Crippen LogP contribution is -1.94. The number of rotatable bonds is 3. The molecule has 0 spiro atoms. The molecule has 1 N–H and O–H groups in total. The van der Waals surface area contributed by atoms with Crippen molar-refractivity contribution in [3.05, 3.63) is 64.8 Å². The zero-order valence-electron chi connectivity index (χ0n) is 10.8. The average Bonchev–Trinajstić information content (AvgIpc) is 2.98. The molecule has 0 amide bonds. The predicted octanol–water partition coefficient (Wildman–Crippen LogP) is 4.47. The molecule has 104 valence electrons. The molecular weight excluding hydrogens is 334 g/mol. The van der Waals surface area contributed by atoms with Gasteiger partial charge in [-0.15, -0.1) is 0 Å². The average molecular weight is 344 g/mol. The Kier molecular flexibility index (Phi) is 3.58. The van der Waals surface area contributed by atoms with Gasteiger partial charge in [-0.2, -0.15) is 0 Å². The Morgan fingerprint density at radius 1 is 1.00 bits per heavy atom. The summed E-state index contributed by atoms with van der Waals surface area (Å²) in [5, 5.41) is 8.88. The lowest BCUT2D eigenvalue weighted by Gasteiger charge is -1.98. The Bertz CT molecular complexity index is 776. The highest BCUT2D eigenvalue weighted by Crippen LogP contribution is 2.27. The third-order valence-corrected chi connectivity index (χ3v) is 3.54. The molecule has 0 atom stereocenters. The van der Waals surface area contributed by atoms with Crippen LogP contribution in [0, 0.1) is 0 Å². The molecule has 1 aromatic heterocycles. The van der Waals surface area contributed by atoms with E-state index in [0.29, 0.717) is 11.7 Å². The summed E-state index contributed by atoms with van der Waals surface area (Å²) in [5.41, 5.74) is 1.90. The monoisotopic (exact) mass is 343 g/mol. The van der Waals surface area contributed by atoms with Gasteiger partial charge in [-0.3, -0.25) is 0 Å². The van der Waals surface area contributed by atoms with E-state index in [-0.39, 0.29) is 5.56 Å². The minimum absolute atomic E-state index is 0.235. The number of nitrogens with zero attached hydrogens (tertiary/aromatic N) is 1. The molecule has 0 aliphatic carbocycles. The Morgan fingerprint density at radius 3 is 2.24 bits per heavy atom. The second-order valence-corrected chi connectivity index (χ2v) is 5.33. The van der Waals surface area contributed by atoms with Crippen LogP contribution in [0.5, 0.6) is 0 Å². The van der Waals surface area contributed by atoms with E-state index in [4.69, 9.17) is 9.52 Å². The number of benzene rings is 2. The molecule has 4 nitrogen and oxygen atoms in total. The molecule has 2 aromatic carbocycles. The molecule has 0 saturated carbocycles. The molecule has 0 fully saturated rings. The van der Waals surface area contributed by atoms with E-state index < -0.39 is 5.97 Å². The number of oxazole rings is 1. The summed E-state index contributed by atoms with van der Waals surface area (Å²) in [4.78, 5) is 15.1. The maximum absolute atomic E-state index is 10.8. The van der Waals surface area contributed by atoms with Crippen molar-refractivity contribution < 1.29 is 14.3 Å². The van der Waals surface area contributed by atoms with Crippen molar-refractivity contribution in [1.29, 1.82) is 0 Å². The molecule has 0 aliphatic heterocycles. The number of carboxylic acids is 1. The molecule has 0 bridgehead atoms. The van der Waals surface area contributed by atoms with Crippen molar-refractivity contribution in [3.8, 4) is 22.8 Å². The fourth-order valence-corrected chi connectivity index (χ4v) is 2.17. The van der Waals surface area contributed by atoms with Crippen molar-refractivity contribution in [3.63, 3.8) is 0 Å². The van der Waals surface area contributed by atoms with Gasteiger partial charge in [-0.05, 0) is 36.4 Å². The predicted molar refractivity (Wildman–Crippen MR) is 82.0 cm³/mol. The number of hydrogen-bond donors (Lipinski definition) is 1. The van der Waals surface area contributed by atoms with Crippen LogP contribution in [0.1, 0.15) is 10.4 Å². The first-order valence-electron chi connectivity index (χ1n) is 6.19. The Balaban J connectivity index is 1.90. The van der Waals surface area contributed by atoms with Crippen LogP contribution < -0.4 is 0 Å². The normalized spacial score (nSPS) is 10.5. The summed E-state index contributed by atoms with van der Waals surface area (Å²) in [5.74, 6) is 0.175. The van der Waals surface area contributed by atoms with Crippen LogP contribution in [0.3, 0.4) is 0 Å². The maximum atomic E-state index is 10.8. The zero-order valence-corrected chi connectivity index (χ0v) is 12.4. The number of aromatic carboxylic acids is 1. The summed E-state index contributed by atoms with van der Waals surface area (Å²) >= 11 is 3.38. The number of carboxylic acid groups (broad SMARTS) is 1. The first-order valence-corrected chi connectivity index (χ1v) is 6.98. The van der Waals surface area contributed by atoms with Crippen LogP contribution in [-0.4, -0.2) is 16.1 Å². The maximum Gasteiger partial charge on any atom is 0.335 e. The fourth-order valence-electron chi connectivity index (χ4n) is 1.91. The fraction of sp³-hybridized carbons (Fsp3) is 0. The number of hydrogen-bond acceptors (Lipinski definition) is 3. The van der Waals surface area contributed by atoms with Crippen molar-refractivity contribution in [2.75, 3.05) is 0 Å². The van der Waals surface area contributed by atoms with Gasteiger partial charge in [0.25, 0.3) is 0 Å². The third kappa shape index (κ3) is 2.87. The molecule has 1 heterocycles. The SMILES string of the molecule is O=C(O)c1ccc(-c2ncc(-c3ccc(Br)cc3)o2)cc1. The van der Waals surface area contributed by atoms with Crippen LogP contribution in [0.4, 0.5) is 0 Å². The van der Waals surface area contributed by atoms with Gasteiger partial charge in [0.1, 0.15) is 0 Å². The largest absolute Gasteiger partial charge is 0.478 e. The lowest BCUT2D eigenvalue weighted by atomic mass is 10.1. The van der Waals surface area contributed by atoms with E-state index in [2.05, 4.69) is 20.9 Å². The summed E-state index contributed by atoms with van der Waals surface area (Å²) in [7, 11) is 0. The highest BCUT2D eigenvalue weighted by Gasteiger charge is 2.09. The highest BCUT2D eigenvalue weighted by atomic mass is 79.9. The Morgan fingerprint density at radius 2 is 1.62 bits per heavy atom. The standard InChI is InChI=1S/C16H10BrNO3/c17-13-7-5-10(6-8-13)14-9-18-15(21-14)11-1-3-12(4-2-11)16(19)20/h1-9H,(H,19,20). The van der Waals surface area contributed by atoms with Gasteiger partial charge in [0.05, 0.1) is 11.8 Å². The summed E-state index contributed by atoms with van der Waals surface area (Å²) in [6.07, 6.45) is 1.66. The second kappa shape index (κ2) is 5.54. The number of carbonyl (C=O) groups is 1. The first-order chi connectivity index (χ1) is 10.1. The number of aromatic nitrogens is 1. The zero-order chi connectivity index (χ0) is 14.8. The second-order valence-electron chi connectivity index (χ2n) is 4.42. The summed E-state index contributed by atoms with van der Waals surface area (Å²) in [6, 6.07) is 14.1. The van der Waals surface area contributed by atoms with Gasteiger partial charge in [-0.25, -0.2) is 9.78 Å². The van der Waals surface area contributed by atoms with Crippen molar-refractivity contribution in [2.24, 2.45) is 0 Å². The summed E-state index contributed by atoms with van der Waals surface area (Å²) in [6.45, 7) is 0. The molecular formula is C16H10BrNO3. The molecule has 0 radical (unpaired) electrons. The van der Waals surface area contributed by atoms with E-state index in [1.165, 1.54) is 12.1 Å². The van der Waals surface area contributed by atoms with Crippen LogP contribution in [0.25, 0.3) is 22.8 Å². The molecule has 0 aliphatic rings. The topological polar surface area (TPSA) is 63.3 Å². The van der Waals surface area contributed by atoms with E-state index in [0.717, 1.165) is 15.6 Å².